The van der Waals surface area contributed by atoms with Gasteiger partial charge in [-0.3, -0.25) is 4.79 Å². The van der Waals surface area contributed by atoms with Gasteiger partial charge in [-0.05, 0) is 29.3 Å². The molecule has 0 saturated heterocycles. The molecule has 7 nitrogen and oxygen atoms in total. The molecule has 0 atom stereocenters. The van der Waals surface area contributed by atoms with Crippen molar-refractivity contribution in [3.8, 4) is 5.95 Å². The Morgan fingerprint density at radius 1 is 1.22 bits per heavy atom. The van der Waals surface area contributed by atoms with Crippen molar-refractivity contribution in [1.29, 1.82) is 0 Å². The first-order valence-corrected chi connectivity index (χ1v) is 5.58. The second-order valence-corrected chi connectivity index (χ2v) is 4.19. The molecule has 2 aromatic rings. The molecular weight excluding hydrogens is 279 g/mol. The Labute approximate surface area is 112 Å². The lowest BCUT2D eigenvalue weighted by atomic mass is 10.4. The maximum atomic E-state index is 11.7. The van der Waals surface area contributed by atoms with Crippen LogP contribution in [0.2, 0.25) is 10.6 Å². The van der Waals surface area contributed by atoms with Crippen LogP contribution >= 0.6 is 23.2 Å². The number of aromatic nitrogens is 5. The summed E-state index contributed by atoms with van der Waals surface area (Å²) in [6.45, 7) is 0. The fraction of sp³-hybridized carbons (Fsp3) is 0.222. The fourth-order valence-electron chi connectivity index (χ4n) is 1.20. The van der Waals surface area contributed by atoms with Crippen molar-refractivity contribution in [3.05, 3.63) is 28.5 Å². The Hall–Kier alpha value is -1.73. The highest BCUT2D eigenvalue weighted by atomic mass is 35.5. The number of rotatable bonds is 2. The Morgan fingerprint density at radius 3 is 2.39 bits per heavy atom. The number of amides is 1. The molecule has 0 unspecified atom stereocenters. The molecular formula is C9H8Cl2N6O. The maximum Gasteiger partial charge on any atom is 0.273 e. The van der Waals surface area contributed by atoms with Gasteiger partial charge in [0.1, 0.15) is 0 Å². The van der Waals surface area contributed by atoms with E-state index in [0.717, 1.165) is 0 Å². The van der Waals surface area contributed by atoms with Crippen LogP contribution in [-0.2, 0) is 0 Å². The summed E-state index contributed by atoms with van der Waals surface area (Å²) in [6.07, 6.45) is 1.54. The van der Waals surface area contributed by atoms with Crippen molar-refractivity contribution < 1.29 is 4.79 Å². The van der Waals surface area contributed by atoms with Crippen molar-refractivity contribution in [2.75, 3.05) is 14.1 Å². The molecule has 0 aromatic carbocycles. The summed E-state index contributed by atoms with van der Waals surface area (Å²) in [5.74, 6) is -0.0715. The molecule has 0 spiro atoms. The topological polar surface area (TPSA) is 76.8 Å². The molecule has 0 saturated carbocycles. The van der Waals surface area contributed by atoms with Crippen molar-refractivity contribution in [2.24, 2.45) is 0 Å². The van der Waals surface area contributed by atoms with Crippen molar-refractivity contribution in [1.82, 2.24) is 29.6 Å². The van der Waals surface area contributed by atoms with Crippen molar-refractivity contribution >= 4 is 29.1 Å². The molecule has 94 valence electrons. The third-order valence-electron chi connectivity index (χ3n) is 1.99. The lowest BCUT2D eigenvalue weighted by Crippen LogP contribution is -2.22. The van der Waals surface area contributed by atoms with E-state index in [1.165, 1.54) is 9.58 Å². The average Bonchev–Trinajstić information content (AvgIpc) is 2.75. The van der Waals surface area contributed by atoms with Gasteiger partial charge in [0.2, 0.25) is 10.6 Å². The molecule has 0 aliphatic heterocycles. The van der Waals surface area contributed by atoms with Crippen molar-refractivity contribution in [3.63, 3.8) is 0 Å². The highest BCUT2D eigenvalue weighted by Gasteiger charge is 2.13. The summed E-state index contributed by atoms with van der Waals surface area (Å²) in [5.41, 5.74) is 0.271. The van der Waals surface area contributed by atoms with E-state index < -0.39 is 0 Å². The summed E-state index contributed by atoms with van der Waals surface area (Å²) in [4.78, 5) is 24.4. The van der Waals surface area contributed by atoms with E-state index in [0.29, 0.717) is 0 Å². The molecule has 2 aromatic heterocycles. The first-order chi connectivity index (χ1) is 8.47. The van der Waals surface area contributed by atoms with Gasteiger partial charge in [-0.2, -0.15) is 20.1 Å². The maximum absolute atomic E-state index is 11.7. The number of halogens is 2. The zero-order valence-corrected chi connectivity index (χ0v) is 11.0. The molecule has 1 amide bonds. The van der Waals surface area contributed by atoms with Crippen LogP contribution in [0.3, 0.4) is 0 Å². The minimum atomic E-state index is -0.222. The number of nitrogens with zero attached hydrogens (tertiary/aromatic N) is 6. The normalized spacial score (nSPS) is 10.4. The number of carbonyl (C=O) groups is 1. The zero-order chi connectivity index (χ0) is 13.3. The standard InChI is InChI=1S/C9H8Cl2N6O/c1-16(2)6(18)5-3-4-17(15-5)9-13-7(10)12-8(11)14-9/h3-4H,1-2H3. The van der Waals surface area contributed by atoms with Gasteiger partial charge in [0, 0.05) is 20.3 Å². The van der Waals surface area contributed by atoms with Gasteiger partial charge in [-0.15, -0.1) is 0 Å². The SMILES string of the molecule is CN(C)C(=O)c1ccn(-c2nc(Cl)nc(Cl)n2)n1. The van der Waals surface area contributed by atoms with Crippen LogP contribution in [0, 0.1) is 0 Å². The van der Waals surface area contributed by atoms with Crippen LogP contribution in [0.15, 0.2) is 12.3 Å². The second-order valence-electron chi connectivity index (χ2n) is 3.52. The molecule has 0 radical (unpaired) electrons. The van der Waals surface area contributed by atoms with Crippen LogP contribution in [0.4, 0.5) is 0 Å². The van der Waals surface area contributed by atoms with E-state index in [2.05, 4.69) is 20.1 Å². The largest absolute Gasteiger partial charge is 0.343 e. The zero-order valence-electron chi connectivity index (χ0n) is 9.50. The molecule has 18 heavy (non-hydrogen) atoms. The lowest BCUT2D eigenvalue weighted by Gasteiger charge is -2.06. The third-order valence-corrected chi connectivity index (χ3v) is 2.33. The van der Waals surface area contributed by atoms with Gasteiger partial charge in [0.25, 0.3) is 11.9 Å². The summed E-state index contributed by atoms with van der Waals surface area (Å²) in [5, 5.41) is 3.96. The van der Waals surface area contributed by atoms with Crippen LogP contribution in [-0.4, -0.2) is 49.6 Å². The third kappa shape index (κ3) is 2.57. The molecule has 0 bridgehead atoms. The molecule has 2 heterocycles. The predicted molar refractivity (Wildman–Crippen MR) is 65.0 cm³/mol. The van der Waals surface area contributed by atoms with E-state index in [1.807, 2.05) is 0 Å². The Morgan fingerprint density at radius 2 is 1.83 bits per heavy atom. The molecule has 0 aliphatic carbocycles. The van der Waals surface area contributed by atoms with E-state index >= 15 is 0 Å². The quantitative estimate of drug-likeness (QED) is 0.825. The van der Waals surface area contributed by atoms with E-state index in [1.54, 1.807) is 26.4 Å². The van der Waals surface area contributed by atoms with Gasteiger partial charge in [-0.1, -0.05) is 0 Å². The highest BCUT2D eigenvalue weighted by Crippen LogP contribution is 2.10. The van der Waals surface area contributed by atoms with E-state index in [-0.39, 0.29) is 28.1 Å². The Bertz CT molecular complexity index is 576. The molecule has 0 fully saturated rings. The predicted octanol–water partition coefficient (Wildman–Crippen LogP) is 1.07. The first kappa shape index (κ1) is 12.7. The summed E-state index contributed by atoms with van der Waals surface area (Å²) in [6, 6.07) is 1.55. The van der Waals surface area contributed by atoms with Crippen LogP contribution in [0.1, 0.15) is 10.5 Å². The lowest BCUT2D eigenvalue weighted by molar-refractivity contribution is 0.0821. The Kier molecular flexibility index (Phi) is 3.44. The van der Waals surface area contributed by atoms with Gasteiger partial charge in [0.15, 0.2) is 5.69 Å². The van der Waals surface area contributed by atoms with Gasteiger partial charge >= 0.3 is 0 Å². The molecule has 2 rings (SSSR count). The van der Waals surface area contributed by atoms with Gasteiger partial charge in [-0.25, -0.2) is 4.68 Å². The fourth-order valence-corrected chi connectivity index (χ4v) is 1.55. The number of hydrogen-bond donors (Lipinski definition) is 0. The monoisotopic (exact) mass is 286 g/mol. The van der Waals surface area contributed by atoms with Gasteiger partial charge in [0.05, 0.1) is 0 Å². The first-order valence-electron chi connectivity index (χ1n) is 4.82. The minimum Gasteiger partial charge on any atom is -0.343 e. The average molecular weight is 287 g/mol. The van der Waals surface area contributed by atoms with E-state index in [4.69, 9.17) is 23.2 Å². The van der Waals surface area contributed by atoms with Gasteiger partial charge < -0.3 is 4.90 Å². The van der Waals surface area contributed by atoms with Crippen molar-refractivity contribution in [2.45, 2.75) is 0 Å². The van der Waals surface area contributed by atoms with Crippen LogP contribution in [0.5, 0.6) is 0 Å². The van der Waals surface area contributed by atoms with Crippen LogP contribution < -0.4 is 0 Å². The summed E-state index contributed by atoms with van der Waals surface area (Å²) >= 11 is 11.3. The smallest absolute Gasteiger partial charge is 0.273 e. The highest BCUT2D eigenvalue weighted by molar-refractivity contribution is 6.31. The number of carbonyl (C=O) groups excluding carboxylic acids is 1. The molecule has 9 heteroatoms. The minimum absolute atomic E-state index is 0.0408. The molecule has 0 N–H and O–H groups in total. The van der Waals surface area contributed by atoms with Crippen LogP contribution in [0.25, 0.3) is 5.95 Å². The van der Waals surface area contributed by atoms with E-state index in [9.17, 15) is 4.79 Å². The summed E-state index contributed by atoms with van der Waals surface area (Å²) in [7, 11) is 3.27. The Balaban J connectivity index is 2.38. The number of hydrogen-bond acceptors (Lipinski definition) is 5. The molecule has 0 aliphatic rings. The summed E-state index contributed by atoms with van der Waals surface area (Å²) < 4.78 is 1.30. The second kappa shape index (κ2) is 4.87.